The van der Waals surface area contributed by atoms with E-state index in [4.69, 9.17) is 4.74 Å². The molecule has 2 rings (SSSR count). The second kappa shape index (κ2) is 6.12. The Morgan fingerprint density at radius 2 is 2.28 bits per heavy atom. The lowest BCUT2D eigenvalue weighted by atomic mass is 9.92. The number of Topliss-reactive ketones (excluding diaryl/α,β-unsaturated/α-hetero) is 1. The molecule has 1 aliphatic rings. The second-order valence-electron chi connectivity index (χ2n) is 4.96. The van der Waals surface area contributed by atoms with Crippen LogP contribution in [0.4, 0.5) is 0 Å². The van der Waals surface area contributed by atoms with Gasteiger partial charge < -0.3 is 10.1 Å². The highest BCUT2D eigenvalue weighted by Crippen LogP contribution is 2.19. The quantitative estimate of drug-likeness (QED) is 0.811. The lowest BCUT2D eigenvalue weighted by Gasteiger charge is -2.18. The van der Waals surface area contributed by atoms with Gasteiger partial charge in [0.1, 0.15) is 0 Å². The highest BCUT2D eigenvalue weighted by molar-refractivity contribution is 5.97. The van der Waals surface area contributed by atoms with Gasteiger partial charge in [0.15, 0.2) is 5.78 Å². The van der Waals surface area contributed by atoms with Crippen molar-refractivity contribution in [2.75, 3.05) is 20.3 Å². The molecule has 0 spiro atoms. The van der Waals surface area contributed by atoms with Crippen LogP contribution >= 0.6 is 0 Å². The van der Waals surface area contributed by atoms with Crippen LogP contribution in [0.15, 0.2) is 18.2 Å². The minimum absolute atomic E-state index is 0.0274. The van der Waals surface area contributed by atoms with Gasteiger partial charge in [0.05, 0.1) is 0 Å². The molecule has 0 fully saturated rings. The van der Waals surface area contributed by atoms with Gasteiger partial charge in [-0.1, -0.05) is 19.1 Å². The molecule has 1 heterocycles. The molecule has 0 saturated carbocycles. The maximum absolute atomic E-state index is 12.3. The summed E-state index contributed by atoms with van der Waals surface area (Å²) in [6, 6.07) is 6.12. The van der Waals surface area contributed by atoms with Gasteiger partial charge in [-0.15, -0.1) is 0 Å². The largest absolute Gasteiger partial charge is 0.385 e. The number of carbonyl (C=O) groups is 1. The maximum Gasteiger partial charge on any atom is 0.165 e. The highest BCUT2D eigenvalue weighted by atomic mass is 16.5. The van der Waals surface area contributed by atoms with E-state index in [1.54, 1.807) is 7.11 Å². The predicted molar refractivity (Wildman–Crippen MR) is 71.8 cm³/mol. The number of hydrogen-bond acceptors (Lipinski definition) is 3. The third-order valence-electron chi connectivity index (χ3n) is 3.58. The van der Waals surface area contributed by atoms with Gasteiger partial charge in [0, 0.05) is 31.7 Å². The van der Waals surface area contributed by atoms with E-state index >= 15 is 0 Å². The summed E-state index contributed by atoms with van der Waals surface area (Å²) in [5.74, 6) is 0.250. The zero-order valence-corrected chi connectivity index (χ0v) is 11.2. The molecule has 98 valence electrons. The summed E-state index contributed by atoms with van der Waals surface area (Å²) >= 11 is 0. The third-order valence-corrected chi connectivity index (χ3v) is 3.58. The van der Waals surface area contributed by atoms with Crippen LogP contribution in [0.2, 0.25) is 0 Å². The Morgan fingerprint density at radius 1 is 1.44 bits per heavy atom. The van der Waals surface area contributed by atoms with Crippen molar-refractivity contribution in [2.24, 2.45) is 5.92 Å². The summed E-state index contributed by atoms with van der Waals surface area (Å²) < 4.78 is 5.03. The lowest BCUT2D eigenvalue weighted by molar-refractivity contribution is 0.0893. The van der Waals surface area contributed by atoms with E-state index in [1.165, 1.54) is 11.1 Å². The summed E-state index contributed by atoms with van der Waals surface area (Å²) in [6.07, 6.45) is 1.84. The van der Waals surface area contributed by atoms with Gasteiger partial charge in [-0.05, 0) is 36.6 Å². The fourth-order valence-corrected chi connectivity index (χ4v) is 2.34. The average Bonchev–Trinajstić information content (AvgIpc) is 2.43. The number of nitrogens with one attached hydrogen (secondary N) is 1. The summed E-state index contributed by atoms with van der Waals surface area (Å²) in [5, 5.41) is 3.34. The summed E-state index contributed by atoms with van der Waals surface area (Å²) in [5.41, 5.74) is 3.47. The van der Waals surface area contributed by atoms with Crippen LogP contribution in [-0.4, -0.2) is 26.0 Å². The predicted octanol–water partition coefficient (Wildman–Crippen LogP) is 2.19. The summed E-state index contributed by atoms with van der Waals surface area (Å²) in [7, 11) is 1.67. The number of rotatable bonds is 5. The molecular weight excluding hydrogens is 226 g/mol. The van der Waals surface area contributed by atoms with E-state index in [1.807, 2.05) is 19.1 Å². The Kier molecular flexibility index (Phi) is 4.50. The number of methoxy groups -OCH3 is 1. The Balaban J connectivity index is 2.10. The first kappa shape index (κ1) is 13.2. The van der Waals surface area contributed by atoms with Gasteiger partial charge in [-0.3, -0.25) is 4.79 Å². The number of carbonyl (C=O) groups excluding carboxylic acids is 1. The number of benzene rings is 1. The van der Waals surface area contributed by atoms with Crippen molar-refractivity contribution in [1.82, 2.24) is 5.32 Å². The Morgan fingerprint density at radius 3 is 3.06 bits per heavy atom. The molecule has 0 aromatic heterocycles. The summed E-state index contributed by atoms with van der Waals surface area (Å²) in [4.78, 5) is 12.3. The molecule has 1 aromatic rings. The van der Waals surface area contributed by atoms with Gasteiger partial charge >= 0.3 is 0 Å². The molecule has 0 aliphatic carbocycles. The Hall–Kier alpha value is -1.19. The minimum atomic E-state index is 0.0274. The normalized spacial score (nSPS) is 16.1. The maximum atomic E-state index is 12.3. The van der Waals surface area contributed by atoms with E-state index in [9.17, 15) is 4.79 Å². The Bertz CT molecular complexity index is 429. The SMILES string of the molecule is COCCC(C)C(=O)c1ccc2c(c1)CNCC2. The molecule has 0 amide bonds. The molecular formula is C15H21NO2. The van der Waals surface area contributed by atoms with Crippen LogP contribution in [0.1, 0.15) is 34.8 Å². The molecule has 3 heteroatoms. The first-order valence-corrected chi connectivity index (χ1v) is 6.58. The van der Waals surface area contributed by atoms with Crippen molar-refractivity contribution in [2.45, 2.75) is 26.3 Å². The fourth-order valence-electron chi connectivity index (χ4n) is 2.34. The molecule has 0 radical (unpaired) electrons. The van der Waals surface area contributed by atoms with Crippen LogP contribution in [0, 0.1) is 5.92 Å². The fraction of sp³-hybridized carbons (Fsp3) is 0.533. The van der Waals surface area contributed by atoms with Crippen LogP contribution in [-0.2, 0) is 17.7 Å². The van der Waals surface area contributed by atoms with Crippen LogP contribution < -0.4 is 5.32 Å². The van der Waals surface area contributed by atoms with Crippen molar-refractivity contribution < 1.29 is 9.53 Å². The molecule has 1 N–H and O–H groups in total. The molecule has 18 heavy (non-hydrogen) atoms. The first-order valence-electron chi connectivity index (χ1n) is 6.58. The smallest absolute Gasteiger partial charge is 0.165 e. The van der Waals surface area contributed by atoms with Gasteiger partial charge in [0.25, 0.3) is 0 Å². The second-order valence-corrected chi connectivity index (χ2v) is 4.96. The molecule has 1 atom stereocenters. The van der Waals surface area contributed by atoms with Crippen LogP contribution in [0.25, 0.3) is 0 Å². The van der Waals surface area contributed by atoms with Gasteiger partial charge in [0.2, 0.25) is 0 Å². The molecule has 1 aliphatic heterocycles. The summed E-state index contributed by atoms with van der Waals surface area (Å²) in [6.45, 7) is 4.52. The van der Waals surface area contributed by atoms with E-state index in [0.717, 1.165) is 31.5 Å². The van der Waals surface area contributed by atoms with Crippen molar-refractivity contribution in [3.8, 4) is 0 Å². The van der Waals surface area contributed by atoms with E-state index < -0.39 is 0 Å². The van der Waals surface area contributed by atoms with Crippen molar-refractivity contribution in [1.29, 1.82) is 0 Å². The molecule has 0 bridgehead atoms. The van der Waals surface area contributed by atoms with Gasteiger partial charge in [-0.25, -0.2) is 0 Å². The minimum Gasteiger partial charge on any atom is -0.385 e. The number of fused-ring (bicyclic) bond motifs is 1. The third kappa shape index (κ3) is 2.98. The topological polar surface area (TPSA) is 38.3 Å². The Labute approximate surface area is 109 Å². The number of ether oxygens (including phenoxy) is 1. The van der Waals surface area contributed by atoms with Crippen molar-refractivity contribution >= 4 is 5.78 Å². The van der Waals surface area contributed by atoms with Crippen molar-refractivity contribution in [3.05, 3.63) is 34.9 Å². The van der Waals surface area contributed by atoms with E-state index in [2.05, 4.69) is 11.4 Å². The van der Waals surface area contributed by atoms with Gasteiger partial charge in [-0.2, -0.15) is 0 Å². The van der Waals surface area contributed by atoms with Crippen LogP contribution in [0.5, 0.6) is 0 Å². The average molecular weight is 247 g/mol. The number of ketones is 1. The molecule has 0 saturated heterocycles. The zero-order valence-electron chi connectivity index (χ0n) is 11.2. The van der Waals surface area contributed by atoms with Crippen LogP contribution in [0.3, 0.4) is 0 Å². The molecule has 1 aromatic carbocycles. The first-order chi connectivity index (χ1) is 8.72. The monoisotopic (exact) mass is 247 g/mol. The molecule has 1 unspecified atom stereocenters. The lowest BCUT2D eigenvalue weighted by Crippen LogP contribution is -2.24. The number of hydrogen-bond donors (Lipinski definition) is 1. The molecule has 3 nitrogen and oxygen atoms in total. The highest BCUT2D eigenvalue weighted by Gasteiger charge is 2.17. The standard InChI is InChI=1S/C15H21NO2/c1-11(6-8-18-2)15(17)13-4-3-12-5-7-16-10-14(12)9-13/h3-4,9,11,16H,5-8,10H2,1-2H3. The zero-order chi connectivity index (χ0) is 13.0. The van der Waals surface area contributed by atoms with E-state index in [0.29, 0.717) is 6.61 Å². The van der Waals surface area contributed by atoms with Crippen molar-refractivity contribution in [3.63, 3.8) is 0 Å². The van der Waals surface area contributed by atoms with E-state index in [-0.39, 0.29) is 11.7 Å².